The highest BCUT2D eigenvalue weighted by Crippen LogP contribution is 2.35. The summed E-state index contributed by atoms with van der Waals surface area (Å²) in [4.78, 5) is 19.6. The molecule has 0 aliphatic heterocycles. The van der Waals surface area contributed by atoms with E-state index in [0.29, 0.717) is 11.7 Å². The Hall–Kier alpha value is -3.34. The van der Waals surface area contributed by atoms with Crippen LogP contribution in [-0.4, -0.2) is 24.5 Å². The molecule has 0 atom stereocenters. The van der Waals surface area contributed by atoms with Gasteiger partial charge in [0, 0.05) is 34.4 Å². The van der Waals surface area contributed by atoms with E-state index in [1.165, 1.54) is 22.4 Å². The number of para-hydroxylation sites is 1. The molecule has 0 unspecified atom stereocenters. The normalized spacial score (nSPS) is 12.4. The Morgan fingerprint density at radius 3 is 1.89 bits per heavy atom. The van der Waals surface area contributed by atoms with Gasteiger partial charge in [0.15, 0.2) is 5.82 Å². The Bertz CT molecular complexity index is 1340. The summed E-state index contributed by atoms with van der Waals surface area (Å²) in [5.41, 5.74) is 6.58. The maximum atomic E-state index is 4.94. The highest BCUT2D eigenvalue weighted by molar-refractivity contribution is 5.72. The number of hydrogen-bond donors (Lipinski definition) is 0. The molecular weight excluding hydrogens is 442 g/mol. The summed E-state index contributed by atoms with van der Waals surface area (Å²) in [5.74, 6) is 3.60. The molecule has 2 aromatic carbocycles. The van der Waals surface area contributed by atoms with Gasteiger partial charge in [0.05, 0.1) is 5.69 Å². The molecule has 0 spiro atoms. The van der Waals surface area contributed by atoms with Crippen LogP contribution >= 0.6 is 0 Å². The second-order valence-electron chi connectivity index (χ2n) is 12.1. The number of aromatic nitrogens is 5. The fourth-order valence-corrected chi connectivity index (χ4v) is 4.44. The SMILES string of the molecule is Cc1cccc(C)c1-n1ccnc1-c1cc(-c2nc(C(C)(C)C)nc(C(C)(C)C)n2)ccc1C(C)C. The molecule has 5 heteroatoms. The maximum absolute atomic E-state index is 4.94. The molecule has 4 rings (SSSR count). The Balaban J connectivity index is 1.96. The second-order valence-corrected chi connectivity index (χ2v) is 12.1. The largest absolute Gasteiger partial charge is 0.299 e. The maximum Gasteiger partial charge on any atom is 0.163 e. The molecule has 2 aromatic heterocycles. The molecule has 0 saturated carbocycles. The van der Waals surface area contributed by atoms with Gasteiger partial charge in [-0.05, 0) is 42.5 Å². The van der Waals surface area contributed by atoms with E-state index in [-0.39, 0.29) is 10.8 Å². The van der Waals surface area contributed by atoms with Crippen molar-refractivity contribution in [2.75, 3.05) is 0 Å². The Morgan fingerprint density at radius 2 is 1.36 bits per heavy atom. The van der Waals surface area contributed by atoms with Crippen molar-refractivity contribution in [1.29, 1.82) is 0 Å². The second kappa shape index (κ2) is 9.27. The average molecular weight is 482 g/mol. The molecule has 5 nitrogen and oxygen atoms in total. The minimum atomic E-state index is -0.184. The zero-order valence-corrected chi connectivity index (χ0v) is 23.4. The Labute approximate surface area is 216 Å². The monoisotopic (exact) mass is 481 g/mol. The average Bonchev–Trinajstić information content (AvgIpc) is 3.26. The topological polar surface area (TPSA) is 56.5 Å². The van der Waals surface area contributed by atoms with Crippen molar-refractivity contribution in [3.63, 3.8) is 0 Å². The molecule has 0 bridgehead atoms. The molecule has 0 saturated heterocycles. The lowest BCUT2D eigenvalue weighted by Crippen LogP contribution is -2.24. The predicted molar refractivity (Wildman–Crippen MR) is 149 cm³/mol. The van der Waals surface area contributed by atoms with E-state index in [4.69, 9.17) is 19.9 Å². The number of nitrogens with zero attached hydrogens (tertiary/aromatic N) is 5. The van der Waals surface area contributed by atoms with Crippen molar-refractivity contribution in [1.82, 2.24) is 24.5 Å². The summed E-state index contributed by atoms with van der Waals surface area (Å²) in [6, 6.07) is 13.0. The first-order valence-corrected chi connectivity index (χ1v) is 12.8. The first-order valence-electron chi connectivity index (χ1n) is 12.8. The first-order chi connectivity index (χ1) is 16.8. The highest BCUT2D eigenvalue weighted by atomic mass is 15.1. The summed E-state index contributed by atoms with van der Waals surface area (Å²) in [7, 11) is 0. The highest BCUT2D eigenvalue weighted by Gasteiger charge is 2.26. The summed E-state index contributed by atoms with van der Waals surface area (Å²) in [6.45, 7) is 21.6. The van der Waals surface area contributed by atoms with Gasteiger partial charge in [0.25, 0.3) is 0 Å². The Kier molecular flexibility index (Phi) is 6.63. The molecule has 0 amide bonds. The third-order valence-corrected chi connectivity index (χ3v) is 6.47. The van der Waals surface area contributed by atoms with Crippen LogP contribution in [0.3, 0.4) is 0 Å². The van der Waals surface area contributed by atoms with Crippen molar-refractivity contribution in [3.05, 3.63) is 77.1 Å². The van der Waals surface area contributed by atoms with Gasteiger partial charge in [-0.2, -0.15) is 0 Å². The summed E-state index contributed by atoms with van der Waals surface area (Å²) < 4.78 is 2.21. The van der Waals surface area contributed by atoms with Gasteiger partial charge in [-0.15, -0.1) is 0 Å². The van der Waals surface area contributed by atoms with Crippen molar-refractivity contribution in [2.24, 2.45) is 0 Å². The molecule has 0 aliphatic carbocycles. The van der Waals surface area contributed by atoms with Crippen LogP contribution < -0.4 is 0 Å². The van der Waals surface area contributed by atoms with Gasteiger partial charge in [-0.3, -0.25) is 4.57 Å². The molecule has 0 aliphatic rings. The molecule has 36 heavy (non-hydrogen) atoms. The number of rotatable bonds is 4. The lowest BCUT2D eigenvalue weighted by molar-refractivity contribution is 0.497. The zero-order chi connectivity index (χ0) is 26.4. The fourth-order valence-electron chi connectivity index (χ4n) is 4.44. The van der Waals surface area contributed by atoms with Crippen molar-refractivity contribution >= 4 is 0 Å². The van der Waals surface area contributed by atoms with Gasteiger partial charge < -0.3 is 0 Å². The van der Waals surface area contributed by atoms with E-state index >= 15 is 0 Å². The number of aryl methyl sites for hydroxylation is 2. The summed E-state index contributed by atoms with van der Waals surface area (Å²) in [5, 5.41) is 0. The van der Waals surface area contributed by atoms with Crippen LogP contribution in [0.4, 0.5) is 0 Å². The summed E-state index contributed by atoms with van der Waals surface area (Å²) >= 11 is 0. The first kappa shape index (κ1) is 25.7. The molecule has 0 N–H and O–H groups in total. The van der Waals surface area contributed by atoms with Crippen LogP contribution in [0.5, 0.6) is 0 Å². The molecule has 0 fully saturated rings. The lowest BCUT2D eigenvalue weighted by Gasteiger charge is -2.23. The lowest BCUT2D eigenvalue weighted by atomic mass is 9.92. The quantitative estimate of drug-likeness (QED) is 0.299. The van der Waals surface area contributed by atoms with Crippen LogP contribution in [0.1, 0.15) is 89.6 Å². The van der Waals surface area contributed by atoms with E-state index < -0.39 is 0 Å². The van der Waals surface area contributed by atoms with E-state index in [0.717, 1.165) is 28.6 Å². The standard InChI is InChI=1S/C31H39N5/c1-19(2)23-15-14-22(26-33-28(30(5,6)7)35-29(34-26)31(8,9)10)18-24(23)27-32-16-17-36(27)25-20(3)12-11-13-21(25)4/h11-19H,1-10H3. The third kappa shape index (κ3) is 4.97. The smallest absolute Gasteiger partial charge is 0.163 e. The van der Waals surface area contributed by atoms with Crippen LogP contribution in [-0.2, 0) is 10.8 Å². The van der Waals surface area contributed by atoms with E-state index in [1.54, 1.807) is 0 Å². The Morgan fingerprint density at radius 1 is 0.778 bits per heavy atom. The van der Waals surface area contributed by atoms with Crippen molar-refractivity contribution in [2.45, 2.75) is 86.0 Å². The minimum Gasteiger partial charge on any atom is -0.299 e. The van der Waals surface area contributed by atoms with Gasteiger partial charge in [-0.1, -0.05) is 85.7 Å². The minimum absolute atomic E-state index is 0.184. The fraction of sp³-hybridized carbons (Fsp3) is 0.419. The van der Waals surface area contributed by atoms with Crippen LogP contribution in [0.15, 0.2) is 48.8 Å². The van der Waals surface area contributed by atoms with E-state index in [9.17, 15) is 0 Å². The molecule has 4 aromatic rings. The van der Waals surface area contributed by atoms with Gasteiger partial charge in [0.1, 0.15) is 17.5 Å². The molecular formula is C31H39N5. The van der Waals surface area contributed by atoms with Crippen LogP contribution in [0, 0.1) is 13.8 Å². The third-order valence-electron chi connectivity index (χ3n) is 6.47. The summed E-state index contributed by atoms with van der Waals surface area (Å²) in [6.07, 6.45) is 3.94. The van der Waals surface area contributed by atoms with Crippen LogP contribution in [0.2, 0.25) is 0 Å². The van der Waals surface area contributed by atoms with Gasteiger partial charge in [-0.25, -0.2) is 19.9 Å². The molecule has 2 heterocycles. The van der Waals surface area contributed by atoms with Crippen molar-refractivity contribution in [3.8, 4) is 28.5 Å². The molecule has 188 valence electrons. The van der Waals surface area contributed by atoms with Crippen molar-refractivity contribution < 1.29 is 0 Å². The van der Waals surface area contributed by atoms with E-state index in [1.807, 2.05) is 6.20 Å². The molecule has 0 radical (unpaired) electrons. The van der Waals surface area contributed by atoms with Crippen LogP contribution in [0.25, 0.3) is 28.5 Å². The zero-order valence-electron chi connectivity index (χ0n) is 23.4. The number of imidazole rings is 1. The van der Waals surface area contributed by atoms with Gasteiger partial charge in [0.2, 0.25) is 0 Å². The number of hydrogen-bond acceptors (Lipinski definition) is 4. The van der Waals surface area contributed by atoms with E-state index in [2.05, 4.69) is 116 Å². The predicted octanol–water partition coefficient (Wildman–Crippen LogP) is 7.73. The van der Waals surface area contributed by atoms with Gasteiger partial charge >= 0.3 is 0 Å². The number of benzene rings is 2.